The molecule has 0 aliphatic rings. The number of nitrogens with one attached hydrogen (secondary N) is 1. The van der Waals surface area contributed by atoms with E-state index < -0.39 is 4.92 Å². The Balaban J connectivity index is 1.76. The van der Waals surface area contributed by atoms with Crippen LogP contribution in [0.15, 0.2) is 41.1 Å². The van der Waals surface area contributed by atoms with Crippen LogP contribution in [0.1, 0.15) is 6.92 Å². The van der Waals surface area contributed by atoms with Crippen LogP contribution in [0.5, 0.6) is 0 Å². The van der Waals surface area contributed by atoms with E-state index in [2.05, 4.69) is 15.4 Å². The van der Waals surface area contributed by atoms with Crippen LogP contribution in [0.25, 0.3) is 11.1 Å². The summed E-state index contributed by atoms with van der Waals surface area (Å²) in [6.07, 6.45) is 3.58. The fraction of sp³-hybridized carbons (Fsp3) is 0.231. The molecule has 8 heteroatoms. The van der Waals surface area contributed by atoms with Crippen molar-refractivity contribution in [3.63, 3.8) is 0 Å². The van der Waals surface area contributed by atoms with E-state index in [1.807, 2.05) is 19.2 Å². The summed E-state index contributed by atoms with van der Waals surface area (Å²) in [4.78, 5) is 14.5. The predicted molar refractivity (Wildman–Crippen MR) is 76.0 cm³/mol. The van der Waals surface area contributed by atoms with Crippen LogP contribution in [0.2, 0.25) is 0 Å². The lowest BCUT2D eigenvalue weighted by atomic mass is 10.3. The molecule has 108 valence electrons. The van der Waals surface area contributed by atoms with Crippen LogP contribution in [0.3, 0.4) is 0 Å². The molecule has 2 aromatic heterocycles. The number of benzene rings is 1. The molecule has 1 aromatic carbocycles. The maximum absolute atomic E-state index is 10.7. The van der Waals surface area contributed by atoms with Gasteiger partial charge in [0, 0.05) is 30.6 Å². The molecule has 0 radical (unpaired) electrons. The molecule has 0 aliphatic heterocycles. The van der Waals surface area contributed by atoms with E-state index in [0.717, 1.165) is 0 Å². The molecule has 8 nitrogen and oxygen atoms in total. The maximum atomic E-state index is 10.7. The number of fused-ring (bicyclic) bond motifs is 1. The molecule has 0 spiro atoms. The fourth-order valence-electron chi connectivity index (χ4n) is 2.04. The number of hydrogen-bond acceptors (Lipinski definition) is 6. The Hall–Kier alpha value is -2.90. The van der Waals surface area contributed by atoms with E-state index in [1.54, 1.807) is 16.9 Å². The van der Waals surface area contributed by atoms with Gasteiger partial charge < -0.3 is 9.73 Å². The molecule has 1 N–H and O–H groups in total. The highest BCUT2D eigenvalue weighted by Gasteiger charge is 2.13. The number of oxazole rings is 1. The van der Waals surface area contributed by atoms with E-state index in [9.17, 15) is 10.1 Å². The smallest absolute Gasteiger partial charge is 0.295 e. The lowest BCUT2D eigenvalue weighted by molar-refractivity contribution is -0.384. The average Bonchev–Trinajstić information content (AvgIpc) is 3.05. The zero-order valence-electron chi connectivity index (χ0n) is 11.3. The standard InChI is InChI=1S/C13H13N5O3/c1-9(8-17-6-2-5-14-17)15-13-16-11-7-10(18(19)20)3-4-12(11)21-13/h2-7,9H,8H2,1H3,(H,15,16). The minimum atomic E-state index is -0.457. The zero-order valence-corrected chi connectivity index (χ0v) is 11.3. The van der Waals surface area contributed by atoms with Crippen molar-refractivity contribution >= 4 is 22.8 Å². The highest BCUT2D eigenvalue weighted by atomic mass is 16.6. The normalized spacial score (nSPS) is 12.4. The third kappa shape index (κ3) is 2.83. The van der Waals surface area contributed by atoms with Crippen molar-refractivity contribution < 1.29 is 9.34 Å². The Bertz CT molecular complexity index is 765. The van der Waals surface area contributed by atoms with Gasteiger partial charge in [0.15, 0.2) is 5.58 Å². The minimum absolute atomic E-state index is 0.00746. The second-order valence-corrected chi connectivity index (χ2v) is 4.70. The maximum Gasteiger partial charge on any atom is 0.295 e. The van der Waals surface area contributed by atoms with Crippen molar-refractivity contribution in [1.82, 2.24) is 14.8 Å². The molecule has 21 heavy (non-hydrogen) atoms. The van der Waals surface area contributed by atoms with E-state index in [1.165, 1.54) is 12.1 Å². The summed E-state index contributed by atoms with van der Waals surface area (Å²) in [5, 5.41) is 18.0. The van der Waals surface area contributed by atoms with Crippen LogP contribution < -0.4 is 5.32 Å². The van der Waals surface area contributed by atoms with Gasteiger partial charge in [0.1, 0.15) is 5.52 Å². The number of nitro benzene ring substituents is 1. The molecular formula is C13H13N5O3. The van der Waals surface area contributed by atoms with Gasteiger partial charge in [-0.15, -0.1) is 0 Å². The van der Waals surface area contributed by atoms with E-state index in [0.29, 0.717) is 23.7 Å². The van der Waals surface area contributed by atoms with Gasteiger partial charge in [0.05, 0.1) is 11.5 Å². The molecule has 1 atom stereocenters. The summed E-state index contributed by atoms with van der Waals surface area (Å²) >= 11 is 0. The summed E-state index contributed by atoms with van der Waals surface area (Å²) in [6.45, 7) is 2.63. The third-order valence-corrected chi connectivity index (χ3v) is 2.97. The fourth-order valence-corrected chi connectivity index (χ4v) is 2.04. The van der Waals surface area contributed by atoms with Gasteiger partial charge in [-0.3, -0.25) is 14.8 Å². The van der Waals surface area contributed by atoms with Gasteiger partial charge in [0.25, 0.3) is 11.7 Å². The van der Waals surface area contributed by atoms with E-state index in [-0.39, 0.29) is 11.7 Å². The topological polar surface area (TPSA) is 99.0 Å². The van der Waals surface area contributed by atoms with Crippen molar-refractivity contribution in [2.45, 2.75) is 19.5 Å². The molecule has 0 saturated heterocycles. The summed E-state index contributed by atoms with van der Waals surface area (Å²) < 4.78 is 7.31. The van der Waals surface area contributed by atoms with E-state index >= 15 is 0 Å². The largest absolute Gasteiger partial charge is 0.424 e. The van der Waals surface area contributed by atoms with Crippen LogP contribution in [-0.4, -0.2) is 25.7 Å². The Labute approximate surface area is 119 Å². The first-order valence-corrected chi connectivity index (χ1v) is 6.41. The molecule has 1 unspecified atom stereocenters. The Morgan fingerprint density at radius 3 is 3.10 bits per heavy atom. The van der Waals surface area contributed by atoms with Crippen molar-refractivity contribution in [3.05, 3.63) is 46.8 Å². The molecule has 0 aliphatic carbocycles. The molecule has 0 fully saturated rings. The van der Waals surface area contributed by atoms with E-state index in [4.69, 9.17) is 4.42 Å². The highest BCUT2D eigenvalue weighted by Crippen LogP contribution is 2.23. The van der Waals surface area contributed by atoms with Crippen LogP contribution >= 0.6 is 0 Å². The number of non-ortho nitro benzene ring substituents is 1. The van der Waals surface area contributed by atoms with Gasteiger partial charge >= 0.3 is 0 Å². The number of nitrogens with zero attached hydrogens (tertiary/aromatic N) is 4. The van der Waals surface area contributed by atoms with Crippen LogP contribution in [0.4, 0.5) is 11.7 Å². The Kier molecular flexibility index (Phi) is 3.27. The number of hydrogen-bond donors (Lipinski definition) is 1. The molecule has 3 aromatic rings. The molecule has 2 heterocycles. The lowest BCUT2D eigenvalue weighted by Gasteiger charge is -2.11. The van der Waals surface area contributed by atoms with Gasteiger partial charge in [0.2, 0.25) is 0 Å². The Morgan fingerprint density at radius 2 is 2.38 bits per heavy atom. The number of aromatic nitrogens is 3. The van der Waals surface area contributed by atoms with Gasteiger partial charge in [-0.2, -0.15) is 10.1 Å². The Morgan fingerprint density at radius 1 is 1.52 bits per heavy atom. The molecule has 0 amide bonds. The highest BCUT2D eigenvalue weighted by molar-refractivity contribution is 5.77. The zero-order chi connectivity index (χ0) is 14.8. The van der Waals surface area contributed by atoms with Crippen molar-refractivity contribution in [1.29, 1.82) is 0 Å². The second-order valence-electron chi connectivity index (χ2n) is 4.70. The summed E-state index contributed by atoms with van der Waals surface area (Å²) in [7, 11) is 0. The van der Waals surface area contributed by atoms with Gasteiger partial charge in [-0.05, 0) is 19.1 Å². The monoisotopic (exact) mass is 287 g/mol. The number of rotatable bonds is 5. The first-order chi connectivity index (χ1) is 10.1. The average molecular weight is 287 g/mol. The summed E-state index contributed by atoms with van der Waals surface area (Å²) in [5.41, 5.74) is 0.958. The molecular weight excluding hydrogens is 274 g/mol. The van der Waals surface area contributed by atoms with Crippen molar-refractivity contribution in [2.75, 3.05) is 5.32 Å². The first-order valence-electron chi connectivity index (χ1n) is 6.41. The van der Waals surface area contributed by atoms with Crippen molar-refractivity contribution in [3.8, 4) is 0 Å². The molecule has 0 bridgehead atoms. The first kappa shape index (κ1) is 13.1. The lowest BCUT2D eigenvalue weighted by Crippen LogP contribution is -2.22. The van der Waals surface area contributed by atoms with Crippen LogP contribution in [-0.2, 0) is 6.54 Å². The number of nitro groups is 1. The molecule has 3 rings (SSSR count). The molecule has 0 saturated carbocycles. The number of anilines is 1. The quantitative estimate of drug-likeness (QED) is 0.571. The van der Waals surface area contributed by atoms with Crippen LogP contribution in [0, 0.1) is 10.1 Å². The van der Waals surface area contributed by atoms with Gasteiger partial charge in [-0.1, -0.05) is 0 Å². The van der Waals surface area contributed by atoms with Crippen molar-refractivity contribution in [2.24, 2.45) is 0 Å². The predicted octanol–water partition coefficient (Wildman–Crippen LogP) is 2.43. The summed E-state index contributed by atoms with van der Waals surface area (Å²) in [5.74, 6) is 0. The summed E-state index contributed by atoms with van der Waals surface area (Å²) in [6, 6.07) is 6.57. The van der Waals surface area contributed by atoms with Gasteiger partial charge in [-0.25, -0.2) is 0 Å². The SMILES string of the molecule is CC(Cn1cccn1)Nc1nc2cc([N+](=O)[O-])ccc2o1. The minimum Gasteiger partial charge on any atom is -0.424 e. The second kappa shape index (κ2) is 5.23. The third-order valence-electron chi connectivity index (χ3n) is 2.97.